The summed E-state index contributed by atoms with van der Waals surface area (Å²) in [6.45, 7) is 3.59. The molecule has 0 atom stereocenters. The van der Waals surface area contributed by atoms with E-state index in [2.05, 4.69) is 20.4 Å². The Morgan fingerprint density at radius 2 is 2.14 bits per heavy atom. The van der Waals surface area contributed by atoms with Gasteiger partial charge in [0.2, 0.25) is 0 Å². The highest BCUT2D eigenvalue weighted by Gasteiger charge is 2.21. The first kappa shape index (κ1) is 17.4. The summed E-state index contributed by atoms with van der Waals surface area (Å²) in [5.41, 5.74) is 2.82. The largest absolute Gasteiger partial charge is 0.395 e. The van der Waals surface area contributed by atoms with E-state index in [0.717, 1.165) is 50.6 Å². The van der Waals surface area contributed by atoms with E-state index in [1.54, 1.807) is 11.3 Å². The Morgan fingerprint density at radius 3 is 3.00 bits per heavy atom. The maximum absolute atomic E-state index is 9.12. The smallest absolute Gasteiger partial charge is 0.162 e. The van der Waals surface area contributed by atoms with Gasteiger partial charge in [0.15, 0.2) is 11.6 Å². The molecule has 28 heavy (non-hydrogen) atoms. The minimum atomic E-state index is 0.0873. The fraction of sp³-hybridized carbons (Fsp3) is 0.316. The number of morpholine rings is 1. The van der Waals surface area contributed by atoms with Crippen molar-refractivity contribution in [2.24, 2.45) is 0 Å². The predicted molar refractivity (Wildman–Crippen MR) is 111 cm³/mol. The molecule has 0 amide bonds. The molecule has 5 rings (SSSR count). The number of aliphatic hydroxyl groups is 1. The molecule has 1 aromatic carbocycles. The lowest BCUT2D eigenvalue weighted by molar-refractivity contribution is 0.122. The maximum atomic E-state index is 9.12. The fourth-order valence-corrected chi connectivity index (χ4v) is 4.49. The minimum absolute atomic E-state index is 0.0873. The first-order valence-corrected chi connectivity index (χ1v) is 10.1. The Hall–Kier alpha value is -2.75. The molecule has 3 aromatic heterocycles. The zero-order chi connectivity index (χ0) is 18.9. The lowest BCUT2D eigenvalue weighted by Crippen LogP contribution is -2.36. The van der Waals surface area contributed by atoms with E-state index in [4.69, 9.17) is 19.8 Å². The first-order chi connectivity index (χ1) is 13.8. The third kappa shape index (κ3) is 3.07. The molecule has 1 saturated heterocycles. The van der Waals surface area contributed by atoms with Gasteiger partial charge < -0.3 is 20.1 Å². The van der Waals surface area contributed by atoms with Crippen molar-refractivity contribution < 1.29 is 9.84 Å². The monoisotopic (exact) mass is 396 g/mol. The van der Waals surface area contributed by atoms with Crippen molar-refractivity contribution in [1.82, 2.24) is 20.2 Å². The van der Waals surface area contributed by atoms with Gasteiger partial charge in [-0.25, -0.2) is 9.97 Å². The van der Waals surface area contributed by atoms with Gasteiger partial charge >= 0.3 is 0 Å². The van der Waals surface area contributed by atoms with Crippen LogP contribution in [0.5, 0.6) is 0 Å². The van der Waals surface area contributed by atoms with Crippen LogP contribution >= 0.6 is 11.3 Å². The molecular formula is C19H20N6O2S. The van der Waals surface area contributed by atoms with Gasteiger partial charge in [-0.2, -0.15) is 5.10 Å². The van der Waals surface area contributed by atoms with Gasteiger partial charge in [0, 0.05) is 30.6 Å². The van der Waals surface area contributed by atoms with Crippen LogP contribution in [0.1, 0.15) is 0 Å². The highest BCUT2D eigenvalue weighted by molar-refractivity contribution is 7.23. The summed E-state index contributed by atoms with van der Waals surface area (Å²) in [6, 6.07) is 8.04. The average Bonchev–Trinajstić information content (AvgIpc) is 3.38. The molecule has 1 aliphatic heterocycles. The number of ether oxygens (including phenoxy) is 1. The fourth-order valence-electron chi connectivity index (χ4n) is 3.45. The van der Waals surface area contributed by atoms with E-state index in [0.29, 0.717) is 25.6 Å². The molecule has 4 heterocycles. The number of nitrogens with zero attached hydrogens (tertiary/aromatic N) is 4. The number of hydrogen-bond acceptors (Lipinski definition) is 8. The number of anilines is 2. The number of aromatic nitrogens is 4. The second-order valence-corrected chi connectivity index (χ2v) is 7.63. The first-order valence-electron chi connectivity index (χ1n) is 9.25. The van der Waals surface area contributed by atoms with Crippen LogP contribution in [0.25, 0.3) is 32.5 Å². The van der Waals surface area contributed by atoms with E-state index in [9.17, 15) is 0 Å². The van der Waals surface area contributed by atoms with E-state index < -0.39 is 0 Å². The van der Waals surface area contributed by atoms with Crippen molar-refractivity contribution in [3.63, 3.8) is 0 Å². The van der Waals surface area contributed by atoms with E-state index >= 15 is 0 Å². The number of aromatic amines is 1. The van der Waals surface area contributed by atoms with Gasteiger partial charge in [-0.1, -0.05) is 12.1 Å². The van der Waals surface area contributed by atoms with Crippen LogP contribution in [0, 0.1) is 0 Å². The maximum Gasteiger partial charge on any atom is 0.162 e. The quantitative estimate of drug-likeness (QED) is 0.477. The molecule has 3 N–H and O–H groups in total. The second-order valence-electron chi connectivity index (χ2n) is 6.58. The number of rotatable bonds is 5. The molecule has 8 nitrogen and oxygen atoms in total. The van der Waals surface area contributed by atoms with Crippen molar-refractivity contribution in [2.45, 2.75) is 0 Å². The van der Waals surface area contributed by atoms with Gasteiger partial charge in [0.25, 0.3) is 0 Å². The van der Waals surface area contributed by atoms with Crippen molar-refractivity contribution >= 4 is 43.3 Å². The van der Waals surface area contributed by atoms with Gasteiger partial charge in [0.1, 0.15) is 0 Å². The zero-order valence-corrected chi connectivity index (χ0v) is 16.0. The van der Waals surface area contributed by atoms with Crippen LogP contribution < -0.4 is 10.2 Å². The third-order valence-electron chi connectivity index (χ3n) is 4.80. The van der Waals surface area contributed by atoms with Gasteiger partial charge in [0.05, 0.1) is 46.8 Å². The molecule has 0 radical (unpaired) electrons. The Bertz CT molecular complexity index is 1120. The average molecular weight is 396 g/mol. The van der Waals surface area contributed by atoms with Crippen molar-refractivity contribution in [3.8, 4) is 11.4 Å². The Morgan fingerprint density at radius 1 is 1.25 bits per heavy atom. The molecule has 1 aliphatic rings. The number of hydrogen-bond donors (Lipinski definition) is 3. The topological polar surface area (TPSA) is 99.2 Å². The lowest BCUT2D eigenvalue weighted by atomic mass is 10.1. The number of nitrogens with one attached hydrogen (secondary N) is 2. The van der Waals surface area contributed by atoms with Gasteiger partial charge in [-0.05, 0) is 12.1 Å². The molecule has 4 aromatic rings. The van der Waals surface area contributed by atoms with E-state index in [1.807, 2.05) is 30.5 Å². The molecule has 144 valence electrons. The number of H-pyrrole nitrogens is 1. The SMILES string of the molecule is OCCNc1cc2nc(-c3cccc4[nH]ncc34)nc(N3CCOCC3)c2s1. The molecule has 0 aliphatic carbocycles. The minimum Gasteiger partial charge on any atom is -0.395 e. The van der Waals surface area contributed by atoms with Crippen LogP contribution in [-0.2, 0) is 4.74 Å². The Balaban J connectivity index is 1.68. The van der Waals surface area contributed by atoms with Crippen molar-refractivity contribution in [1.29, 1.82) is 0 Å². The summed E-state index contributed by atoms with van der Waals surface area (Å²) in [7, 11) is 0. The standard InChI is InChI=1S/C19H20N6O2S/c26-7-4-20-16-10-15-17(28-16)19(25-5-8-27-9-6-25)23-18(22-15)12-2-1-3-14-13(12)11-21-24-14/h1-3,10-11,20,26H,4-9H2,(H,21,24). The molecule has 0 unspecified atom stereocenters. The number of benzene rings is 1. The number of thiophene rings is 1. The van der Waals surface area contributed by atoms with Crippen LogP contribution in [0.15, 0.2) is 30.5 Å². The summed E-state index contributed by atoms with van der Waals surface area (Å²) in [5, 5.41) is 21.5. The van der Waals surface area contributed by atoms with Crippen LogP contribution in [0.2, 0.25) is 0 Å². The molecule has 1 fully saturated rings. The van der Waals surface area contributed by atoms with E-state index in [1.165, 1.54) is 0 Å². The summed E-state index contributed by atoms with van der Waals surface area (Å²) >= 11 is 1.62. The summed E-state index contributed by atoms with van der Waals surface area (Å²) in [4.78, 5) is 12.1. The summed E-state index contributed by atoms with van der Waals surface area (Å²) < 4.78 is 6.57. The number of fused-ring (bicyclic) bond motifs is 2. The highest BCUT2D eigenvalue weighted by atomic mass is 32.1. The summed E-state index contributed by atoms with van der Waals surface area (Å²) in [6.07, 6.45) is 1.81. The molecule has 0 spiro atoms. The Labute approximate surface area is 165 Å². The molecule has 0 bridgehead atoms. The van der Waals surface area contributed by atoms with Crippen molar-refractivity contribution in [2.75, 3.05) is 49.7 Å². The molecule has 9 heteroatoms. The normalized spacial score (nSPS) is 14.8. The predicted octanol–water partition coefficient (Wildman–Crippen LogP) is 2.48. The van der Waals surface area contributed by atoms with Crippen LogP contribution in [0.3, 0.4) is 0 Å². The lowest BCUT2D eigenvalue weighted by Gasteiger charge is -2.28. The summed E-state index contributed by atoms with van der Waals surface area (Å²) in [5.74, 6) is 1.62. The van der Waals surface area contributed by atoms with Crippen LogP contribution in [-0.4, -0.2) is 64.7 Å². The number of aliphatic hydroxyl groups excluding tert-OH is 1. The Kier molecular flexibility index (Phi) is 4.55. The van der Waals surface area contributed by atoms with Crippen LogP contribution in [0.4, 0.5) is 10.8 Å². The van der Waals surface area contributed by atoms with Gasteiger partial charge in [-0.15, -0.1) is 11.3 Å². The third-order valence-corrected chi connectivity index (χ3v) is 5.88. The second kappa shape index (κ2) is 7.34. The zero-order valence-electron chi connectivity index (χ0n) is 15.2. The highest BCUT2D eigenvalue weighted by Crippen LogP contribution is 2.37. The molecular weight excluding hydrogens is 376 g/mol. The van der Waals surface area contributed by atoms with E-state index in [-0.39, 0.29) is 6.61 Å². The molecule has 0 saturated carbocycles. The van der Waals surface area contributed by atoms with Gasteiger partial charge in [-0.3, -0.25) is 5.10 Å². The van der Waals surface area contributed by atoms with Crippen molar-refractivity contribution in [3.05, 3.63) is 30.5 Å².